The third-order valence-corrected chi connectivity index (χ3v) is 4.98. The lowest BCUT2D eigenvalue weighted by Crippen LogP contribution is -2.41. The largest absolute Gasteiger partial charge is 0.356 e. The van der Waals surface area contributed by atoms with Crippen LogP contribution in [0.5, 0.6) is 0 Å². The minimum atomic E-state index is -0.775. The molecule has 1 aliphatic rings. The number of nitrogens with zero attached hydrogens (tertiary/aromatic N) is 1. The fourth-order valence-electron chi connectivity index (χ4n) is 3.56. The molecule has 2 aromatic carbocycles. The van der Waals surface area contributed by atoms with Crippen LogP contribution in [0.2, 0.25) is 0 Å². The Morgan fingerprint density at radius 2 is 1.66 bits per heavy atom. The van der Waals surface area contributed by atoms with Crippen molar-refractivity contribution in [3.05, 3.63) is 54.1 Å². The van der Waals surface area contributed by atoms with Crippen LogP contribution >= 0.6 is 0 Å². The highest BCUT2D eigenvalue weighted by molar-refractivity contribution is 6.05. The quantitative estimate of drug-likeness (QED) is 0.792. The van der Waals surface area contributed by atoms with E-state index in [4.69, 9.17) is 0 Å². The van der Waals surface area contributed by atoms with Crippen molar-refractivity contribution in [2.24, 2.45) is 5.92 Å². The van der Waals surface area contributed by atoms with Gasteiger partial charge in [0.1, 0.15) is 6.04 Å². The average molecular weight is 393 g/mol. The SMILES string of the molecule is CC(C)CC(=O)NCCC(=O)NC1C(=O)N(C)c2ccccc2-c2ccccc21. The van der Waals surface area contributed by atoms with Gasteiger partial charge in [-0.05, 0) is 23.1 Å². The first kappa shape index (κ1) is 20.6. The van der Waals surface area contributed by atoms with E-state index in [-0.39, 0.29) is 36.6 Å². The maximum Gasteiger partial charge on any atom is 0.253 e. The van der Waals surface area contributed by atoms with Crippen LogP contribution in [0.1, 0.15) is 38.3 Å². The summed E-state index contributed by atoms with van der Waals surface area (Å²) in [7, 11) is 1.72. The van der Waals surface area contributed by atoms with Crippen molar-refractivity contribution in [3.8, 4) is 11.1 Å². The van der Waals surface area contributed by atoms with Crippen molar-refractivity contribution < 1.29 is 14.4 Å². The van der Waals surface area contributed by atoms with Crippen molar-refractivity contribution in [1.29, 1.82) is 0 Å². The molecule has 0 saturated carbocycles. The lowest BCUT2D eigenvalue weighted by atomic mass is 9.95. The lowest BCUT2D eigenvalue weighted by Gasteiger charge is -2.23. The average Bonchev–Trinajstić information content (AvgIpc) is 2.78. The number of nitrogens with one attached hydrogen (secondary N) is 2. The Balaban J connectivity index is 1.77. The molecule has 0 radical (unpaired) electrons. The van der Waals surface area contributed by atoms with E-state index in [1.54, 1.807) is 11.9 Å². The smallest absolute Gasteiger partial charge is 0.253 e. The molecule has 3 rings (SSSR count). The van der Waals surface area contributed by atoms with Gasteiger partial charge in [-0.1, -0.05) is 56.3 Å². The Labute approximate surface area is 171 Å². The van der Waals surface area contributed by atoms with Gasteiger partial charge in [-0.25, -0.2) is 0 Å². The molecule has 29 heavy (non-hydrogen) atoms. The fourth-order valence-corrected chi connectivity index (χ4v) is 3.56. The number of carbonyl (C=O) groups excluding carboxylic acids is 3. The first-order chi connectivity index (χ1) is 13.9. The molecule has 6 heteroatoms. The van der Waals surface area contributed by atoms with E-state index in [0.29, 0.717) is 6.42 Å². The summed E-state index contributed by atoms with van der Waals surface area (Å²) >= 11 is 0. The van der Waals surface area contributed by atoms with Gasteiger partial charge in [-0.15, -0.1) is 0 Å². The van der Waals surface area contributed by atoms with Crippen LogP contribution in [0.25, 0.3) is 11.1 Å². The normalized spacial score (nSPS) is 15.4. The van der Waals surface area contributed by atoms with Crippen molar-refractivity contribution in [3.63, 3.8) is 0 Å². The van der Waals surface area contributed by atoms with Gasteiger partial charge in [-0.2, -0.15) is 0 Å². The second-order valence-electron chi connectivity index (χ2n) is 7.70. The van der Waals surface area contributed by atoms with E-state index in [2.05, 4.69) is 10.6 Å². The summed E-state index contributed by atoms with van der Waals surface area (Å²) in [5.41, 5.74) is 3.46. The molecule has 1 atom stereocenters. The molecule has 2 aromatic rings. The number of rotatable bonds is 6. The van der Waals surface area contributed by atoms with Gasteiger partial charge in [0, 0.05) is 32.0 Å². The molecule has 3 amide bonds. The summed E-state index contributed by atoms with van der Waals surface area (Å²) < 4.78 is 0. The minimum absolute atomic E-state index is 0.0705. The maximum absolute atomic E-state index is 13.2. The number of para-hydroxylation sites is 1. The second kappa shape index (κ2) is 8.90. The van der Waals surface area contributed by atoms with Gasteiger partial charge in [0.15, 0.2) is 0 Å². The molecule has 0 fully saturated rings. The third-order valence-electron chi connectivity index (χ3n) is 4.98. The number of benzene rings is 2. The topological polar surface area (TPSA) is 78.5 Å². The third kappa shape index (κ3) is 4.65. The summed E-state index contributed by atoms with van der Waals surface area (Å²) in [4.78, 5) is 39.0. The first-order valence-corrected chi connectivity index (χ1v) is 9.90. The summed E-state index contributed by atoms with van der Waals surface area (Å²) in [6.07, 6.45) is 0.547. The van der Waals surface area contributed by atoms with E-state index in [0.717, 1.165) is 22.4 Å². The Kier molecular flexibility index (Phi) is 6.32. The van der Waals surface area contributed by atoms with Crippen molar-refractivity contribution in [2.45, 2.75) is 32.7 Å². The molecule has 2 N–H and O–H groups in total. The van der Waals surface area contributed by atoms with Crippen molar-refractivity contribution >= 4 is 23.4 Å². The number of likely N-dealkylation sites (N-methyl/N-ethyl adjacent to an activating group) is 1. The van der Waals surface area contributed by atoms with E-state index < -0.39 is 6.04 Å². The van der Waals surface area contributed by atoms with E-state index in [1.807, 2.05) is 62.4 Å². The molecule has 0 bridgehead atoms. The van der Waals surface area contributed by atoms with Crippen LogP contribution in [0, 0.1) is 5.92 Å². The predicted octanol–water partition coefficient (Wildman–Crippen LogP) is 3.04. The van der Waals surface area contributed by atoms with Crippen LogP contribution in [0.4, 0.5) is 5.69 Å². The number of fused-ring (bicyclic) bond motifs is 3. The highest BCUT2D eigenvalue weighted by Gasteiger charge is 2.32. The van der Waals surface area contributed by atoms with Crippen LogP contribution in [0.3, 0.4) is 0 Å². The number of hydrogen-bond donors (Lipinski definition) is 2. The standard InChI is InChI=1S/C23H27N3O3/c1-15(2)14-21(28)24-13-12-20(27)25-22-18-10-5-4-8-16(18)17-9-6-7-11-19(17)26(3)23(22)29/h4-11,15,22H,12-14H2,1-3H3,(H,24,28)(H,25,27). The summed E-state index contributed by atoms with van der Waals surface area (Å²) in [6.45, 7) is 4.18. The summed E-state index contributed by atoms with van der Waals surface area (Å²) in [6, 6.07) is 14.6. The molecule has 6 nitrogen and oxygen atoms in total. The molecule has 0 spiro atoms. The minimum Gasteiger partial charge on any atom is -0.356 e. The zero-order valence-corrected chi connectivity index (χ0v) is 17.1. The van der Waals surface area contributed by atoms with Crippen LogP contribution in [0.15, 0.2) is 48.5 Å². The molecule has 0 saturated heterocycles. The van der Waals surface area contributed by atoms with E-state index in [9.17, 15) is 14.4 Å². The van der Waals surface area contributed by atoms with Crippen molar-refractivity contribution in [2.75, 3.05) is 18.5 Å². The van der Waals surface area contributed by atoms with Crippen LogP contribution in [-0.4, -0.2) is 31.3 Å². The molecule has 0 aromatic heterocycles. The number of carbonyl (C=O) groups is 3. The lowest BCUT2D eigenvalue weighted by molar-refractivity contribution is -0.127. The predicted molar refractivity (Wildman–Crippen MR) is 113 cm³/mol. The van der Waals surface area contributed by atoms with Crippen LogP contribution < -0.4 is 15.5 Å². The number of amides is 3. The molecular formula is C23H27N3O3. The van der Waals surface area contributed by atoms with Gasteiger partial charge < -0.3 is 15.5 Å². The highest BCUT2D eigenvalue weighted by atomic mass is 16.2. The number of hydrogen-bond acceptors (Lipinski definition) is 3. The van der Waals surface area contributed by atoms with Crippen molar-refractivity contribution in [1.82, 2.24) is 10.6 Å². The molecule has 1 unspecified atom stereocenters. The summed E-state index contributed by atoms with van der Waals surface area (Å²) in [5.74, 6) is -0.276. The zero-order chi connectivity index (χ0) is 21.0. The Morgan fingerprint density at radius 3 is 2.38 bits per heavy atom. The number of anilines is 1. The van der Waals surface area contributed by atoms with Crippen LogP contribution in [-0.2, 0) is 14.4 Å². The Morgan fingerprint density at radius 1 is 1.00 bits per heavy atom. The Bertz CT molecular complexity index is 923. The van der Waals surface area contributed by atoms with E-state index >= 15 is 0 Å². The highest BCUT2D eigenvalue weighted by Crippen LogP contribution is 2.39. The molecular weight excluding hydrogens is 366 g/mol. The fraction of sp³-hybridized carbons (Fsp3) is 0.348. The maximum atomic E-state index is 13.2. The van der Waals surface area contributed by atoms with Gasteiger partial charge in [0.2, 0.25) is 11.8 Å². The first-order valence-electron chi connectivity index (χ1n) is 9.90. The van der Waals surface area contributed by atoms with Gasteiger partial charge in [0.05, 0.1) is 5.69 Å². The second-order valence-corrected chi connectivity index (χ2v) is 7.70. The Hall–Kier alpha value is -3.15. The summed E-state index contributed by atoms with van der Waals surface area (Å²) in [5, 5.41) is 5.62. The monoisotopic (exact) mass is 393 g/mol. The van der Waals surface area contributed by atoms with Gasteiger partial charge in [0.25, 0.3) is 5.91 Å². The molecule has 1 aliphatic heterocycles. The zero-order valence-electron chi connectivity index (χ0n) is 17.1. The molecule has 152 valence electrons. The molecule has 1 heterocycles. The van der Waals surface area contributed by atoms with Gasteiger partial charge in [-0.3, -0.25) is 14.4 Å². The van der Waals surface area contributed by atoms with E-state index in [1.165, 1.54) is 0 Å². The molecule has 0 aliphatic carbocycles. The van der Waals surface area contributed by atoms with Gasteiger partial charge >= 0.3 is 0 Å².